The molecule has 0 bridgehead atoms. The summed E-state index contributed by atoms with van der Waals surface area (Å²) in [5, 5.41) is 3.62. The average Bonchev–Trinajstić information content (AvgIpc) is 2.81. The lowest BCUT2D eigenvalue weighted by molar-refractivity contribution is 0.396. The Bertz CT molecular complexity index is 710. The second kappa shape index (κ2) is 5.61. The van der Waals surface area contributed by atoms with Crippen LogP contribution in [0.25, 0.3) is 0 Å². The van der Waals surface area contributed by atoms with Crippen molar-refractivity contribution in [3.8, 4) is 0 Å². The lowest BCUT2D eigenvalue weighted by Crippen LogP contribution is -2.23. The second-order valence-electron chi connectivity index (χ2n) is 6.01. The van der Waals surface area contributed by atoms with E-state index in [0.717, 1.165) is 11.1 Å². The Kier molecular flexibility index (Phi) is 4.20. The summed E-state index contributed by atoms with van der Waals surface area (Å²) < 4.78 is 31.9. The molecule has 2 rings (SSSR count). The van der Waals surface area contributed by atoms with Gasteiger partial charge in [0.25, 0.3) is 0 Å². The zero-order valence-corrected chi connectivity index (χ0v) is 13.5. The lowest BCUT2D eigenvalue weighted by atomic mass is 9.87. The first-order chi connectivity index (χ1) is 9.70. The van der Waals surface area contributed by atoms with E-state index in [9.17, 15) is 8.42 Å². The number of aryl methyl sites for hydroxylation is 1. The monoisotopic (exact) mass is 308 g/mol. The minimum Gasteiger partial charge on any atom is -0.361 e. The summed E-state index contributed by atoms with van der Waals surface area (Å²) in [6.07, 6.45) is 1.51. The van der Waals surface area contributed by atoms with Crippen LogP contribution in [0.1, 0.15) is 37.7 Å². The molecule has 0 aliphatic rings. The first-order valence-electron chi connectivity index (χ1n) is 6.70. The van der Waals surface area contributed by atoms with Crippen LogP contribution in [0.2, 0.25) is 0 Å². The zero-order chi connectivity index (χ0) is 15.7. The molecule has 21 heavy (non-hydrogen) atoms. The number of hydrogen-bond donors (Lipinski definition) is 1. The number of aromatic nitrogens is 1. The van der Waals surface area contributed by atoms with E-state index >= 15 is 0 Å². The van der Waals surface area contributed by atoms with Crippen LogP contribution in [0, 0.1) is 6.92 Å². The van der Waals surface area contributed by atoms with Crippen molar-refractivity contribution >= 4 is 10.0 Å². The van der Waals surface area contributed by atoms with Crippen LogP contribution in [-0.4, -0.2) is 13.6 Å². The van der Waals surface area contributed by atoms with Gasteiger partial charge in [-0.1, -0.05) is 38.1 Å². The standard InChI is InChI=1S/C15H20N2O3S/c1-11-12(9-16-20-11)10-17-21(18,19)14-7-5-13(6-8-14)15(2,3)4/h5-9,17H,10H2,1-4H3. The van der Waals surface area contributed by atoms with Crippen molar-refractivity contribution in [1.29, 1.82) is 0 Å². The van der Waals surface area contributed by atoms with Gasteiger partial charge in [0, 0.05) is 12.1 Å². The minimum atomic E-state index is -3.53. The topological polar surface area (TPSA) is 72.2 Å². The van der Waals surface area contributed by atoms with Gasteiger partial charge < -0.3 is 4.52 Å². The molecule has 0 amide bonds. The maximum atomic E-state index is 12.2. The molecule has 0 atom stereocenters. The zero-order valence-electron chi connectivity index (χ0n) is 12.7. The molecule has 1 aromatic carbocycles. The van der Waals surface area contributed by atoms with E-state index in [1.54, 1.807) is 19.1 Å². The van der Waals surface area contributed by atoms with Gasteiger partial charge >= 0.3 is 0 Å². The first kappa shape index (κ1) is 15.7. The fraction of sp³-hybridized carbons (Fsp3) is 0.400. The van der Waals surface area contributed by atoms with Gasteiger partial charge in [0.2, 0.25) is 10.0 Å². The average molecular weight is 308 g/mol. The first-order valence-corrected chi connectivity index (χ1v) is 8.19. The lowest BCUT2D eigenvalue weighted by Gasteiger charge is -2.19. The highest BCUT2D eigenvalue weighted by Gasteiger charge is 2.18. The molecule has 1 N–H and O–H groups in total. The molecule has 0 unspecified atom stereocenters. The van der Waals surface area contributed by atoms with E-state index in [2.05, 4.69) is 30.6 Å². The summed E-state index contributed by atoms with van der Waals surface area (Å²) in [4.78, 5) is 0.254. The largest absolute Gasteiger partial charge is 0.361 e. The molecular formula is C15H20N2O3S. The van der Waals surface area contributed by atoms with Gasteiger partial charge in [-0.05, 0) is 30.0 Å². The third kappa shape index (κ3) is 3.71. The Morgan fingerprint density at radius 2 is 1.81 bits per heavy atom. The third-order valence-electron chi connectivity index (χ3n) is 3.33. The Morgan fingerprint density at radius 1 is 1.19 bits per heavy atom. The summed E-state index contributed by atoms with van der Waals surface area (Å²) in [5.74, 6) is 0.612. The predicted octanol–water partition coefficient (Wildman–Crippen LogP) is 2.76. The quantitative estimate of drug-likeness (QED) is 0.942. The van der Waals surface area contributed by atoms with Crippen LogP contribution in [0.4, 0.5) is 0 Å². The van der Waals surface area contributed by atoms with Crippen LogP contribution in [0.3, 0.4) is 0 Å². The number of benzene rings is 1. The SMILES string of the molecule is Cc1oncc1CNS(=O)(=O)c1ccc(C(C)(C)C)cc1. The van der Waals surface area contributed by atoms with Crippen LogP contribution >= 0.6 is 0 Å². The van der Waals surface area contributed by atoms with E-state index in [1.807, 2.05) is 12.1 Å². The molecule has 0 aliphatic heterocycles. The predicted molar refractivity (Wildman–Crippen MR) is 80.4 cm³/mol. The van der Waals surface area contributed by atoms with E-state index in [4.69, 9.17) is 4.52 Å². The minimum absolute atomic E-state index is 0.00467. The van der Waals surface area contributed by atoms with Gasteiger partial charge in [-0.15, -0.1) is 0 Å². The number of sulfonamides is 1. The number of hydrogen-bond acceptors (Lipinski definition) is 4. The Hall–Kier alpha value is -1.66. The summed E-state index contributed by atoms with van der Waals surface area (Å²) in [7, 11) is -3.53. The van der Waals surface area contributed by atoms with E-state index < -0.39 is 10.0 Å². The molecule has 2 aromatic rings. The number of nitrogens with zero attached hydrogens (tertiary/aromatic N) is 1. The second-order valence-corrected chi connectivity index (χ2v) is 7.77. The van der Waals surface area contributed by atoms with Crippen molar-refractivity contribution < 1.29 is 12.9 Å². The van der Waals surface area contributed by atoms with Gasteiger partial charge in [0.1, 0.15) is 5.76 Å². The fourth-order valence-corrected chi connectivity index (χ4v) is 2.89. The summed E-state index contributed by atoms with van der Waals surface area (Å²) in [6.45, 7) is 8.17. The maximum absolute atomic E-state index is 12.2. The van der Waals surface area contributed by atoms with Crippen molar-refractivity contribution in [3.05, 3.63) is 47.3 Å². The highest BCUT2D eigenvalue weighted by molar-refractivity contribution is 7.89. The maximum Gasteiger partial charge on any atom is 0.240 e. The fourth-order valence-electron chi connectivity index (χ4n) is 1.88. The molecule has 0 radical (unpaired) electrons. The van der Waals surface area contributed by atoms with Crippen molar-refractivity contribution in [2.24, 2.45) is 0 Å². The van der Waals surface area contributed by atoms with Crippen molar-refractivity contribution in [1.82, 2.24) is 9.88 Å². The molecule has 5 nitrogen and oxygen atoms in total. The normalized spacial score (nSPS) is 12.6. The molecule has 1 aromatic heterocycles. The molecular weight excluding hydrogens is 288 g/mol. The molecule has 1 heterocycles. The number of nitrogens with one attached hydrogen (secondary N) is 1. The highest BCUT2D eigenvalue weighted by Crippen LogP contribution is 2.23. The van der Waals surface area contributed by atoms with Gasteiger partial charge in [-0.25, -0.2) is 13.1 Å². The van der Waals surface area contributed by atoms with Gasteiger partial charge in [0.15, 0.2) is 0 Å². The third-order valence-corrected chi connectivity index (χ3v) is 4.75. The van der Waals surface area contributed by atoms with Gasteiger partial charge in [0.05, 0.1) is 11.1 Å². The Morgan fingerprint density at radius 3 is 2.29 bits per heavy atom. The van der Waals surface area contributed by atoms with Crippen LogP contribution < -0.4 is 4.72 Å². The Labute approximate surface area is 125 Å². The summed E-state index contributed by atoms with van der Waals surface area (Å²) >= 11 is 0. The Balaban J connectivity index is 2.14. The molecule has 6 heteroatoms. The van der Waals surface area contributed by atoms with Crippen molar-refractivity contribution in [2.45, 2.75) is 44.6 Å². The molecule has 0 spiro atoms. The summed E-state index contributed by atoms with van der Waals surface area (Å²) in [5.41, 5.74) is 1.82. The van der Waals surface area contributed by atoms with E-state index in [-0.39, 0.29) is 16.9 Å². The molecule has 0 aliphatic carbocycles. The molecule has 0 saturated heterocycles. The number of rotatable bonds is 4. The van der Waals surface area contributed by atoms with Crippen molar-refractivity contribution in [3.63, 3.8) is 0 Å². The van der Waals surface area contributed by atoms with Crippen LogP contribution in [0.5, 0.6) is 0 Å². The smallest absolute Gasteiger partial charge is 0.240 e. The van der Waals surface area contributed by atoms with Gasteiger partial charge in [-0.2, -0.15) is 0 Å². The van der Waals surface area contributed by atoms with Crippen molar-refractivity contribution in [2.75, 3.05) is 0 Å². The van der Waals surface area contributed by atoms with Crippen LogP contribution in [0.15, 0.2) is 39.9 Å². The van der Waals surface area contributed by atoms with E-state index in [1.165, 1.54) is 6.20 Å². The molecule has 114 valence electrons. The summed E-state index contributed by atoms with van der Waals surface area (Å²) in [6, 6.07) is 6.95. The van der Waals surface area contributed by atoms with E-state index in [0.29, 0.717) is 5.76 Å². The molecule has 0 saturated carbocycles. The molecule has 0 fully saturated rings. The highest BCUT2D eigenvalue weighted by atomic mass is 32.2. The van der Waals surface area contributed by atoms with Gasteiger partial charge in [-0.3, -0.25) is 0 Å². The van der Waals surface area contributed by atoms with Crippen LogP contribution in [-0.2, 0) is 22.0 Å².